The van der Waals surface area contributed by atoms with Crippen LogP contribution in [0.15, 0.2) is 42.5 Å². The molecule has 0 aromatic heterocycles. The van der Waals surface area contributed by atoms with E-state index >= 15 is 0 Å². The predicted molar refractivity (Wildman–Crippen MR) is 91.9 cm³/mol. The molecule has 3 N–H and O–H groups in total. The van der Waals surface area contributed by atoms with Gasteiger partial charge in [0.25, 0.3) is 0 Å². The van der Waals surface area contributed by atoms with Crippen molar-refractivity contribution in [3.05, 3.63) is 58.1 Å². The predicted octanol–water partition coefficient (Wildman–Crippen LogP) is 3.98. The lowest BCUT2D eigenvalue weighted by molar-refractivity contribution is 0.100. The van der Waals surface area contributed by atoms with E-state index in [1.54, 1.807) is 24.3 Å². The van der Waals surface area contributed by atoms with E-state index < -0.39 is 11.9 Å². The maximum Gasteiger partial charge on any atom is 0.336 e. The second-order valence-electron chi connectivity index (χ2n) is 4.28. The number of carbonyl (C=O) groups excluding carboxylic acids is 2. The maximum absolute atomic E-state index is 12.1. The SMILES string of the molecule is NC(=O)c1ccc(N(S)C(=O)Nc2cc(Cl)ccc2Cl)cc1. The fourth-order valence-corrected chi connectivity index (χ4v) is 2.17. The molecule has 3 amide bonds. The summed E-state index contributed by atoms with van der Waals surface area (Å²) < 4.78 is 1.07. The number of hydrogen-bond acceptors (Lipinski definition) is 3. The third-order valence-electron chi connectivity index (χ3n) is 2.76. The Hall–Kier alpha value is -1.89. The summed E-state index contributed by atoms with van der Waals surface area (Å²) in [6.07, 6.45) is 0. The molecule has 2 aromatic rings. The van der Waals surface area contributed by atoms with E-state index in [0.717, 1.165) is 4.31 Å². The highest BCUT2D eigenvalue weighted by atomic mass is 35.5. The van der Waals surface area contributed by atoms with Crippen LogP contribution in [0.2, 0.25) is 10.0 Å². The molecule has 0 bridgehead atoms. The van der Waals surface area contributed by atoms with Gasteiger partial charge in [-0.3, -0.25) is 4.79 Å². The molecule has 0 fully saturated rings. The minimum atomic E-state index is -0.549. The number of nitrogens with zero attached hydrogens (tertiary/aromatic N) is 1. The number of hydrogen-bond donors (Lipinski definition) is 3. The van der Waals surface area contributed by atoms with Crippen LogP contribution in [-0.2, 0) is 0 Å². The van der Waals surface area contributed by atoms with Crippen molar-refractivity contribution in [1.82, 2.24) is 0 Å². The molecule has 2 rings (SSSR count). The van der Waals surface area contributed by atoms with Gasteiger partial charge >= 0.3 is 6.03 Å². The van der Waals surface area contributed by atoms with Gasteiger partial charge in [0.05, 0.1) is 16.4 Å². The fraction of sp³-hybridized carbons (Fsp3) is 0. The summed E-state index contributed by atoms with van der Waals surface area (Å²) in [4.78, 5) is 23.1. The Morgan fingerprint density at radius 3 is 2.32 bits per heavy atom. The second-order valence-corrected chi connectivity index (χ2v) is 5.52. The quantitative estimate of drug-likeness (QED) is 0.728. The Labute approximate surface area is 142 Å². The molecule has 0 saturated heterocycles. The van der Waals surface area contributed by atoms with Gasteiger partial charge in [0, 0.05) is 10.6 Å². The van der Waals surface area contributed by atoms with Crippen molar-refractivity contribution in [3.63, 3.8) is 0 Å². The van der Waals surface area contributed by atoms with Crippen LogP contribution in [0, 0.1) is 0 Å². The third kappa shape index (κ3) is 3.85. The van der Waals surface area contributed by atoms with Crippen LogP contribution in [0.5, 0.6) is 0 Å². The summed E-state index contributed by atoms with van der Waals surface area (Å²) in [7, 11) is 0. The van der Waals surface area contributed by atoms with E-state index in [1.165, 1.54) is 18.2 Å². The zero-order valence-corrected chi connectivity index (χ0v) is 13.5. The smallest absolute Gasteiger partial charge is 0.336 e. The molecule has 0 aliphatic heterocycles. The summed E-state index contributed by atoms with van der Waals surface area (Å²) in [5.41, 5.74) is 6.32. The molecule has 0 saturated carbocycles. The fourth-order valence-electron chi connectivity index (χ4n) is 1.65. The van der Waals surface area contributed by atoms with Gasteiger partial charge < -0.3 is 11.1 Å². The summed E-state index contributed by atoms with van der Waals surface area (Å²) in [5.74, 6) is -0.549. The van der Waals surface area contributed by atoms with Crippen LogP contribution in [0.4, 0.5) is 16.2 Å². The van der Waals surface area contributed by atoms with Crippen LogP contribution in [0.1, 0.15) is 10.4 Å². The topological polar surface area (TPSA) is 75.4 Å². The Morgan fingerprint density at radius 2 is 1.73 bits per heavy atom. The van der Waals surface area contributed by atoms with E-state index in [2.05, 4.69) is 18.1 Å². The lowest BCUT2D eigenvalue weighted by Crippen LogP contribution is -2.27. The van der Waals surface area contributed by atoms with Crippen molar-refractivity contribution in [1.29, 1.82) is 0 Å². The molecule has 2 aromatic carbocycles. The van der Waals surface area contributed by atoms with Crippen molar-refractivity contribution in [2.75, 3.05) is 9.62 Å². The molecule has 0 atom stereocenters. The van der Waals surface area contributed by atoms with E-state index in [4.69, 9.17) is 28.9 Å². The molecule has 0 unspecified atom stereocenters. The summed E-state index contributed by atoms with van der Waals surface area (Å²) in [5, 5.41) is 3.38. The Morgan fingerprint density at radius 1 is 1.09 bits per heavy atom. The monoisotopic (exact) mass is 355 g/mol. The number of benzene rings is 2. The van der Waals surface area contributed by atoms with Crippen molar-refractivity contribution >= 4 is 59.3 Å². The Bertz CT molecular complexity index is 723. The van der Waals surface area contributed by atoms with Gasteiger partial charge in [0.2, 0.25) is 5.91 Å². The van der Waals surface area contributed by atoms with Crippen molar-refractivity contribution in [3.8, 4) is 0 Å². The first-order valence-electron chi connectivity index (χ1n) is 6.03. The second kappa shape index (κ2) is 6.91. The number of amides is 3. The number of nitrogens with one attached hydrogen (secondary N) is 1. The van der Waals surface area contributed by atoms with Gasteiger partial charge in [-0.2, -0.15) is 0 Å². The van der Waals surface area contributed by atoms with Crippen molar-refractivity contribution in [2.24, 2.45) is 5.73 Å². The van der Waals surface area contributed by atoms with Gasteiger partial charge in [0.15, 0.2) is 0 Å². The maximum atomic E-state index is 12.1. The van der Waals surface area contributed by atoms with Gasteiger partial charge in [0.1, 0.15) is 0 Å². The lowest BCUT2D eigenvalue weighted by atomic mass is 10.2. The molecule has 0 heterocycles. The largest absolute Gasteiger partial charge is 0.366 e. The van der Waals surface area contributed by atoms with Gasteiger partial charge in [-0.15, -0.1) is 0 Å². The highest BCUT2D eigenvalue weighted by Crippen LogP contribution is 2.26. The molecule has 8 heteroatoms. The van der Waals surface area contributed by atoms with E-state index in [9.17, 15) is 9.59 Å². The number of halogens is 2. The molecular weight excluding hydrogens is 345 g/mol. The summed E-state index contributed by atoms with van der Waals surface area (Å²) in [6.45, 7) is 0. The average molecular weight is 356 g/mol. The highest BCUT2D eigenvalue weighted by Gasteiger charge is 2.14. The summed E-state index contributed by atoms with van der Waals surface area (Å²) in [6, 6.07) is 10.3. The molecule has 0 aliphatic rings. The van der Waals surface area contributed by atoms with E-state index in [-0.39, 0.29) is 0 Å². The third-order valence-corrected chi connectivity index (χ3v) is 3.74. The molecule has 22 heavy (non-hydrogen) atoms. The first kappa shape index (κ1) is 16.5. The molecule has 114 valence electrons. The molecule has 0 radical (unpaired) electrons. The Balaban J connectivity index is 2.15. The molecule has 0 aliphatic carbocycles. The number of carbonyl (C=O) groups is 2. The zero-order chi connectivity index (χ0) is 16.3. The van der Waals surface area contributed by atoms with Gasteiger partial charge in [-0.25, -0.2) is 9.10 Å². The van der Waals surface area contributed by atoms with Gasteiger partial charge in [-0.1, -0.05) is 36.0 Å². The van der Waals surface area contributed by atoms with Gasteiger partial charge in [-0.05, 0) is 42.5 Å². The Kier molecular flexibility index (Phi) is 5.18. The van der Waals surface area contributed by atoms with Crippen LogP contribution in [0.3, 0.4) is 0 Å². The number of rotatable bonds is 3. The highest BCUT2D eigenvalue weighted by molar-refractivity contribution is 7.82. The first-order chi connectivity index (χ1) is 10.4. The van der Waals surface area contributed by atoms with Crippen molar-refractivity contribution in [2.45, 2.75) is 0 Å². The first-order valence-corrected chi connectivity index (χ1v) is 7.19. The number of urea groups is 1. The standard InChI is InChI=1S/C14H11Cl2N3O2S/c15-9-3-6-11(16)12(7-9)18-14(21)19(22)10-4-1-8(2-5-10)13(17)20/h1-7,22H,(H2,17,20)(H,18,21). The molecule has 0 spiro atoms. The number of anilines is 2. The number of primary amides is 1. The van der Waals surface area contributed by atoms with Crippen LogP contribution >= 0.6 is 36.0 Å². The minimum Gasteiger partial charge on any atom is -0.366 e. The van der Waals surface area contributed by atoms with E-state index in [1.807, 2.05) is 0 Å². The number of nitrogens with two attached hydrogens (primary N) is 1. The normalized spacial score (nSPS) is 10.1. The zero-order valence-electron chi connectivity index (χ0n) is 11.1. The van der Waals surface area contributed by atoms with Crippen molar-refractivity contribution < 1.29 is 9.59 Å². The summed E-state index contributed by atoms with van der Waals surface area (Å²) >= 11 is 16.0. The number of thiol groups is 1. The molecule has 5 nitrogen and oxygen atoms in total. The van der Waals surface area contributed by atoms with Crippen LogP contribution in [0.25, 0.3) is 0 Å². The lowest BCUT2D eigenvalue weighted by Gasteiger charge is -2.17. The van der Waals surface area contributed by atoms with Crippen LogP contribution in [-0.4, -0.2) is 11.9 Å². The average Bonchev–Trinajstić information content (AvgIpc) is 2.50. The minimum absolute atomic E-state index is 0.337. The molecular formula is C14H11Cl2N3O2S. The van der Waals surface area contributed by atoms with E-state index in [0.29, 0.717) is 27.0 Å². The van der Waals surface area contributed by atoms with Crippen LogP contribution < -0.4 is 15.4 Å².